The zero-order valence-corrected chi connectivity index (χ0v) is 17.2. The van der Waals surface area contributed by atoms with Crippen molar-refractivity contribution < 1.29 is 17.9 Å². The standard InChI is InChI=1S/C20H30N2O4S/c1-15(2)11-20(23)21-9-7-17-14-22(27(24,25)19(17)8-10-21)13-16-5-4-6-18(12-16)26-3/h4-6,12,15,17,19H,7-11,13-14H2,1-3H3/t17-,19-/m1/s1. The van der Waals surface area contributed by atoms with Gasteiger partial charge in [-0.15, -0.1) is 0 Å². The fourth-order valence-corrected chi connectivity index (χ4v) is 6.38. The van der Waals surface area contributed by atoms with Crippen molar-refractivity contribution in [1.82, 2.24) is 9.21 Å². The van der Waals surface area contributed by atoms with Gasteiger partial charge in [0.1, 0.15) is 5.75 Å². The van der Waals surface area contributed by atoms with Gasteiger partial charge >= 0.3 is 0 Å². The third-order valence-corrected chi connectivity index (χ3v) is 7.97. The van der Waals surface area contributed by atoms with Crippen molar-refractivity contribution >= 4 is 15.9 Å². The normalized spacial score (nSPS) is 25.3. The molecule has 6 nitrogen and oxygen atoms in total. The first-order valence-corrected chi connectivity index (χ1v) is 11.2. The summed E-state index contributed by atoms with van der Waals surface area (Å²) in [6.07, 6.45) is 1.82. The summed E-state index contributed by atoms with van der Waals surface area (Å²) in [5.74, 6) is 1.30. The molecule has 1 aromatic carbocycles. The van der Waals surface area contributed by atoms with Gasteiger partial charge in [0.25, 0.3) is 0 Å². The molecule has 2 heterocycles. The summed E-state index contributed by atoms with van der Waals surface area (Å²) in [4.78, 5) is 14.2. The molecule has 7 heteroatoms. The van der Waals surface area contributed by atoms with Crippen LogP contribution in [-0.2, 0) is 21.4 Å². The van der Waals surface area contributed by atoms with Crippen LogP contribution >= 0.6 is 0 Å². The van der Waals surface area contributed by atoms with E-state index in [1.54, 1.807) is 11.4 Å². The van der Waals surface area contributed by atoms with E-state index < -0.39 is 10.0 Å². The van der Waals surface area contributed by atoms with Gasteiger partial charge in [-0.2, -0.15) is 4.31 Å². The second-order valence-corrected chi connectivity index (χ2v) is 10.2. The first-order valence-electron chi connectivity index (χ1n) is 9.71. The number of nitrogens with zero attached hydrogens (tertiary/aromatic N) is 2. The molecule has 1 aromatic rings. The van der Waals surface area contributed by atoms with E-state index in [0.717, 1.165) is 17.7 Å². The average Bonchev–Trinajstić information content (AvgIpc) is 2.77. The lowest BCUT2D eigenvalue weighted by atomic mass is 10.0. The third kappa shape index (κ3) is 4.46. The van der Waals surface area contributed by atoms with Crippen LogP contribution in [0.4, 0.5) is 0 Å². The van der Waals surface area contributed by atoms with Crippen molar-refractivity contribution in [2.45, 2.75) is 44.9 Å². The number of likely N-dealkylation sites (tertiary alicyclic amines) is 1. The Balaban J connectivity index is 1.68. The second kappa shape index (κ2) is 8.19. The predicted octanol–water partition coefficient (Wildman–Crippen LogP) is 2.49. The Kier molecular flexibility index (Phi) is 6.11. The van der Waals surface area contributed by atoms with Gasteiger partial charge < -0.3 is 9.64 Å². The number of carbonyl (C=O) groups excluding carboxylic acids is 1. The minimum atomic E-state index is -3.35. The van der Waals surface area contributed by atoms with E-state index in [9.17, 15) is 13.2 Å². The maximum atomic E-state index is 13.1. The SMILES string of the molecule is COc1cccc(CN2C[C@H]3CCN(C(=O)CC(C)C)CC[C@H]3S2(=O)=O)c1. The van der Waals surface area contributed by atoms with Crippen molar-refractivity contribution in [2.24, 2.45) is 11.8 Å². The number of fused-ring (bicyclic) bond motifs is 1. The van der Waals surface area contributed by atoms with E-state index in [4.69, 9.17) is 4.74 Å². The Morgan fingerprint density at radius 1 is 1.26 bits per heavy atom. The summed E-state index contributed by atoms with van der Waals surface area (Å²) < 4.78 is 33.0. The van der Waals surface area contributed by atoms with Crippen LogP contribution in [0.1, 0.15) is 38.7 Å². The summed E-state index contributed by atoms with van der Waals surface area (Å²) in [5.41, 5.74) is 0.933. The van der Waals surface area contributed by atoms with E-state index in [0.29, 0.717) is 44.9 Å². The summed E-state index contributed by atoms with van der Waals surface area (Å²) in [6.45, 7) is 6.18. The molecule has 0 radical (unpaired) electrons. The van der Waals surface area contributed by atoms with Crippen LogP contribution in [0.3, 0.4) is 0 Å². The molecule has 1 amide bonds. The smallest absolute Gasteiger partial charge is 0.222 e. The molecule has 0 N–H and O–H groups in total. The van der Waals surface area contributed by atoms with Crippen LogP contribution < -0.4 is 4.74 Å². The molecule has 0 bridgehead atoms. The first kappa shape index (κ1) is 20.1. The van der Waals surface area contributed by atoms with Crippen LogP contribution in [0, 0.1) is 11.8 Å². The van der Waals surface area contributed by atoms with Crippen LogP contribution in [-0.4, -0.2) is 55.5 Å². The summed E-state index contributed by atoms with van der Waals surface area (Å²) in [5, 5.41) is -0.375. The predicted molar refractivity (Wildman–Crippen MR) is 105 cm³/mol. The van der Waals surface area contributed by atoms with Crippen molar-refractivity contribution in [2.75, 3.05) is 26.7 Å². The van der Waals surface area contributed by atoms with Crippen molar-refractivity contribution in [3.8, 4) is 5.75 Å². The van der Waals surface area contributed by atoms with Crippen molar-refractivity contribution in [3.63, 3.8) is 0 Å². The Bertz CT molecular complexity index is 778. The quantitative estimate of drug-likeness (QED) is 0.770. The van der Waals surface area contributed by atoms with Crippen LogP contribution in [0.15, 0.2) is 24.3 Å². The Morgan fingerprint density at radius 2 is 2.00 bits per heavy atom. The van der Waals surface area contributed by atoms with Crippen LogP contribution in [0.2, 0.25) is 0 Å². The van der Waals surface area contributed by atoms with E-state index in [-0.39, 0.29) is 17.1 Å². The molecule has 2 saturated heterocycles. The summed E-state index contributed by atoms with van der Waals surface area (Å²) in [7, 11) is -1.74. The molecule has 3 rings (SSSR count). The number of sulfonamides is 1. The number of benzene rings is 1. The summed E-state index contributed by atoms with van der Waals surface area (Å²) in [6, 6.07) is 7.55. The molecule has 0 aliphatic carbocycles. The highest BCUT2D eigenvalue weighted by molar-refractivity contribution is 7.90. The zero-order chi connectivity index (χ0) is 19.6. The maximum Gasteiger partial charge on any atom is 0.222 e. The lowest BCUT2D eigenvalue weighted by Crippen LogP contribution is -2.35. The van der Waals surface area contributed by atoms with Gasteiger partial charge in [-0.05, 0) is 42.4 Å². The monoisotopic (exact) mass is 394 g/mol. The number of amides is 1. The van der Waals surface area contributed by atoms with E-state index >= 15 is 0 Å². The Labute approximate surface area is 162 Å². The van der Waals surface area contributed by atoms with Gasteiger partial charge in [0.15, 0.2) is 0 Å². The molecule has 0 aromatic heterocycles. The average molecular weight is 395 g/mol. The minimum Gasteiger partial charge on any atom is -0.497 e. The molecule has 2 aliphatic rings. The molecule has 2 aliphatic heterocycles. The number of hydrogen-bond donors (Lipinski definition) is 0. The van der Waals surface area contributed by atoms with Crippen molar-refractivity contribution in [3.05, 3.63) is 29.8 Å². The number of methoxy groups -OCH3 is 1. The van der Waals surface area contributed by atoms with Gasteiger partial charge in [0.05, 0.1) is 12.4 Å². The summed E-state index contributed by atoms with van der Waals surface area (Å²) >= 11 is 0. The van der Waals surface area contributed by atoms with Crippen LogP contribution in [0.5, 0.6) is 5.75 Å². The third-order valence-electron chi connectivity index (χ3n) is 5.59. The Hall–Kier alpha value is -1.60. The van der Waals surface area contributed by atoms with Crippen molar-refractivity contribution in [1.29, 1.82) is 0 Å². The molecule has 150 valence electrons. The molecule has 0 unspecified atom stereocenters. The minimum absolute atomic E-state index is 0.0949. The van der Waals surface area contributed by atoms with Crippen LogP contribution in [0.25, 0.3) is 0 Å². The molecule has 2 atom stereocenters. The van der Waals surface area contributed by atoms with Gasteiger partial charge in [0, 0.05) is 32.6 Å². The second-order valence-electron chi connectivity index (χ2n) is 8.04. The molecular formula is C20H30N2O4S. The number of ether oxygens (including phenoxy) is 1. The lowest BCUT2D eigenvalue weighted by molar-refractivity contribution is -0.131. The molecule has 2 fully saturated rings. The Morgan fingerprint density at radius 3 is 2.70 bits per heavy atom. The van der Waals surface area contributed by atoms with Gasteiger partial charge in [-0.25, -0.2) is 8.42 Å². The highest BCUT2D eigenvalue weighted by Crippen LogP contribution is 2.35. The zero-order valence-electron chi connectivity index (χ0n) is 16.4. The van der Waals surface area contributed by atoms with E-state index in [1.807, 2.05) is 43.0 Å². The maximum absolute atomic E-state index is 13.1. The van der Waals surface area contributed by atoms with Gasteiger partial charge in [-0.3, -0.25) is 4.79 Å². The van der Waals surface area contributed by atoms with E-state index in [1.165, 1.54) is 0 Å². The number of rotatable bonds is 5. The largest absolute Gasteiger partial charge is 0.497 e. The topological polar surface area (TPSA) is 66.9 Å². The first-order chi connectivity index (χ1) is 12.8. The fourth-order valence-electron chi connectivity index (χ4n) is 4.15. The van der Waals surface area contributed by atoms with Gasteiger partial charge in [0.2, 0.25) is 15.9 Å². The molecular weight excluding hydrogens is 364 g/mol. The lowest BCUT2D eigenvalue weighted by Gasteiger charge is -2.23. The van der Waals surface area contributed by atoms with E-state index in [2.05, 4.69) is 0 Å². The highest BCUT2D eigenvalue weighted by Gasteiger charge is 2.47. The van der Waals surface area contributed by atoms with Gasteiger partial charge in [-0.1, -0.05) is 26.0 Å². The molecule has 0 saturated carbocycles. The number of carbonyl (C=O) groups is 1. The molecule has 0 spiro atoms. The fraction of sp³-hybridized carbons (Fsp3) is 0.650. The highest BCUT2D eigenvalue weighted by atomic mass is 32.2. The number of hydrogen-bond acceptors (Lipinski definition) is 4. The molecule has 27 heavy (non-hydrogen) atoms.